The fourth-order valence-corrected chi connectivity index (χ4v) is 2.15. The Kier molecular flexibility index (Phi) is 7.94. The zero-order valence-electron chi connectivity index (χ0n) is 11.5. The molecule has 0 aromatic carbocycles. The predicted octanol–water partition coefficient (Wildman–Crippen LogP) is 2.84. The molecule has 0 aliphatic rings. The van der Waals surface area contributed by atoms with Crippen LogP contribution < -0.4 is 5.32 Å². The second kappa shape index (κ2) is 8.32. The minimum absolute atomic E-state index is 0.247. The van der Waals surface area contributed by atoms with E-state index in [0.717, 1.165) is 5.57 Å². The van der Waals surface area contributed by atoms with Gasteiger partial charge in [-0.1, -0.05) is 17.2 Å². The molecule has 0 heterocycles. The number of halogens is 1. The molecule has 19 heavy (non-hydrogen) atoms. The molecule has 7 heteroatoms. The van der Waals surface area contributed by atoms with Crippen molar-refractivity contribution in [1.29, 1.82) is 0 Å². The van der Waals surface area contributed by atoms with Crippen LogP contribution in [0.3, 0.4) is 0 Å². The Morgan fingerprint density at radius 1 is 1.47 bits per heavy atom. The first kappa shape index (κ1) is 18.1. The van der Waals surface area contributed by atoms with E-state index in [9.17, 15) is 9.59 Å². The van der Waals surface area contributed by atoms with Gasteiger partial charge in [0.15, 0.2) is 0 Å². The smallest absolute Gasteiger partial charge is 0.408 e. The molecule has 110 valence electrons. The van der Waals surface area contributed by atoms with Crippen LogP contribution in [0.4, 0.5) is 4.79 Å². The van der Waals surface area contributed by atoms with Crippen LogP contribution in [-0.4, -0.2) is 40.3 Å². The van der Waals surface area contributed by atoms with Crippen LogP contribution in [0, 0.1) is 0 Å². The highest BCUT2D eigenvalue weighted by molar-refractivity contribution is 7.99. The lowest BCUT2D eigenvalue weighted by Crippen LogP contribution is -2.45. The number of amides is 1. The van der Waals surface area contributed by atoms with Gasteiger partial charge >= 0.3 is 12.1 Å². The van der Waals surface area contributed by atoms with Crippen LogP contribution in [0.5, 0.6) is 0 Å². The summed E-state index contributed by atoms with van der Waals surface area (Å²) in [6, 6.07) is -0.983. The highest BCUT2D eigenvalue weighted by atomic mass is 35.5. The number of ether oxygens (including phenoxy) is 1. The molecule has 0 saturated heterocycles. The topological polar surface area (TPSA) is 75.6 Å². The lowest BCUT2D eigenvalue weighted by atomic mass is 10.2. The summed E-state index contributed by atoms with van der Waals surface area (Å²) in [7, 11) is 0. The van der Waals surface area contributed by atoms with Crippen LogP contribution in [0.15, 0.2) is 11.1 Å². The van der Waals surface area contributed by atoms with Crippen LogP contribution >= 0.6 is 23.4 Å². The van der Waals surface area contributed by atoms with Crippen molar-refractivity contribution in [2.45, 2.75) is 39.3 Å². The van der Waals surface area contributed by atoms with Crippen molar-refractivity contribution in [2.24, 2.45) is 0 Å². The van der Waals surface area contributed by atoms with Gasteiger partial charge in [-0.2, -0.15) is 11.8 Å². The summed E-state index contributed by atoms with van der Waals surface area (Å²) in [6.07, 6.45) is -0.731. The first-order valence-electron chi connectivity index (χ1n) is 5.71. The number of carboxylic acids is 1. The largest absolute Gasteiger partial charge is 0.480 e. The third-order valence-electron chi connectivity index (χ3n) is 1.79. The molecule has 0 fully saturated rings. The van der Waals surface area contributed by atoms with E-state index in [4.69, 9.17) is 21.4 Å². The van der Waals surface area contributed by atoms with Gasteiger partial charge in [-0.15, -0.1) is 0 Å². The van der Waals surface area contributed by atoms with Gasteiger partial charge in [-0.05, 0) is 27.7 Å². The van der Waals surface area contributed by atoms with Gasteiger partial charge in [-0.25, -0.2) is 9.59 Å². The molecule has 0 bridgehead atoms. The molecular weight excluding hydrogens is 290 g/mol. The van der Waals surface area contributed by atoms with Gasteiger partial charge < -0.3 is 15.2 Å². The van der Waals surface area contributed by atoms with Crippen molar-refractivity contribution in [3.8, 4) is 0 Å². The SMILES string of the molecule is CC(=CCl)CSCC(NC(=O)OC(C)(C)C)C(=O)O. The standard InChI is InChI=1S/C12H20ClNO4S/c1-8(5-13)6-19-7-9(10(15)16)14-11(17)18-12(2,3)4/h5,9H,6-7H2,1-4H3,(H,14,17)(H,15,16). The quantitative estimate of drug-likeness (QED) is 0.789. The van der Waals surface area contributed by atoms with E-state index in [1.54, 1.807) is 20.8 Å². The molecule has 0 rings (SSSR count). The summed E-state index contributed by atoms with van der Waals surface area (Å²) in [4.78, 5) is 22.5. The molecule has 0 aromatic heterocycles. The average molecular weight is 310 g/mol. The third-order valence-corrected chi connectivity index (χ3v) is 3.39. The van der Waals surface area contributed by atoms with Gasteiger partial charge in [0, 0.05) is 17.0 Å². The molecule has 0 radical (unpaired) electrons. The van der Waals surface area contributed by atoms with Crippen LogP contribution in [0.2, 0.25) is 0 Å². The number of aliphatic carboxylic acids is 1. The van der Waals surface area contributed by atoms with Crippen molar-refractivity contribution >= 4 is 35.4 Å². The molecule has 0 saturated carbocycles. The fourth-order valence-electron chi connectivity index (χ4n) is 0.994. The highest BCUT2D eigenvalue weighted by Gasteiger charge is 2.23. The van der Waals surface area contributed by atoms with Crippen LogP contribution in [-0.2, 0) is 9.53 Å². The van der Waals surface area contributed by atoms with E-state index in [0.29, 0.717) is 5.75 Å². The summed E-state index contributed by atoms with van der Waals surface area (Å²) in [5.41, 5.74) is 1.73. The molecule has 5 nitrogen and oxygen atoms in total. The number of carbonyl (C=O) groups excluding carboxylic acids is 1. The van der Waals surface area contributed by atoms with Crippen LogP contribution in [0.25, 0.3) is 0 Å². The van der Waals surface area contributed by atoms with Gasteiger partial charge in [0.05, 0.1) is 0 Å². The van der Waals surface area contributed by atoms with Gasteiger partial charge in [0.2, 0.25) is 0 Å². The van der Waals surface area contributed by atoms with E-state index < -0.39 is 23.7 Å². The summed E-state index contributed by atoms with van der Waals surface area (Å²) < 4.78 is 5.01. The Bertz CT molecular complexity index is 352. The summed E-state index contributed by atoms with van der Waals surface area (Å²) in [5, 5.41) is 11.3. The van der Waals surface area contributed by atoms with E-state index in [2.05, 4.69) is 5.32 Å². The average Bonchev–Trinajstić information content (AvgIpc) is 2.24. The Balaban J connectivity index is 4.27. The third kappa shape index (κ3) is 9.67. The number of carboxylic acid groups (broad SMARTS) is 1. The monoisotopic (exact) mass is 309 g/mol. The number of hydrogen-bond donors (Lipinski definition) is 2. The van der Waals surface area contributed by atoms with Gasteiger partial charge in [0.1, 0.15) is 11.6 Å². The number of thioether (sulfide) groups is 1. The van der Waals surface area contributed by atoms with Crippen molar-refractivity contribution in [2.75, 3.05) is 11.5 Å². The second-order valence-electron chi connectivity index (χ2n) is 5.01. The van der Waals surface area contributed by atoms with E-state index >= 15 is 0 Å². The number of rotatable bonds is 6. The molecule has 1 amide bonds. The van der Waals surface area contributed by atoms with Crippen molar-refractivity contribution in [3.05, 3.63) is 11.1 Å². The van der Waals surface area contributed by atoms with Crippen LogP contribution in [0.1, 0.15) is 27.7 Å². The normalized spacial score (nSPS) is 13.8. The number of carbonyl (C=O) groups is 2. The first-order valence-corrected chi connectivity index (χ1v) is 7.30. The number of nitrogens with one attached hydrogen (secondary N) is 1. The highest BCUT2D eigenvalue weighted by Crippen LogP contribution is 2.11. The molecule has 1 atom stereocenters. The molecule has 0 aromatic rings. The van der Waals surface area contributed by atoms with Crippen molar-refractivity contribution < 1.29 is 19.4 Å². The molecular formula is C12H20ClNO4S. The van der Waals surface area contributed by atoms with E-state index in [1.165, 1.54) is 17.3 Å². The summed E-state index contributed by atoms with van der Waals surface area (Å²) in [6.45, 7) is 6.99. The zero-order valence-corrected chi connectivity index (χ0v) is 13.1. The second-order valence-corrected chi connectivity index (χ2v) is 6.26. The van der Waals surface area contributed by atoms with Crippen molar-refractivity contribution in [1.82, 2.24) is 5.32 Å². The summed E-state index contributed by atoms with van der Waals surface area (Å²) in [5.74, 6) is -0.231. The predicted molar refractivity (Wildman–Crippen MR) is 77.7 cm³/mol. The molecule has 2 N–H and O–H groups in total. The van der Waals surface area contributed by atoms with Gasteiger partial charge in [0.25, 0.3) is 0 Å². The maximum Gasteiger partial charge on any atom is 0.408 e. The zero-order chi connectivity index (χ0) is 15.1. The molecule has 0 spiro atoms. The summed E-state index contributed by atoms with van der Waals surface area (Å²) >= 11 is 6.88. The Hall–Kier alpha value is -0.880. The van der Waals surface area contributed by atoms with Gasteiger partial charge in [-0.3, -0.25) is 0 Å². The van der Waals surface area contributed by atoms with E-state index in [-0.39, 0.29) is 5.75 Å². The number of alkyl carbamates (subject to hydrolysis) is 1. The first-order chi connectivity index (χ1) is 8.65. The maximum atomic E-state index is 11.5. The molecule has 1 unspecified atom stereocenters. The van der Waals surface area contributed by atoms with Crippen molar-refractivity contribution in [3.63, 3.8) is 0 Å². The number of hydrogen-bond acceptors (Lipinski definition) is 4. The fraction of sp³-hybridized carbons (Fsp3) is 0.667. The Morgan fingerprint density at radius 2 is 2.05 bits per heavy atom. The van der Waals surface area contributed by atoms with E-state index in [1.807, 2.05) is 6.92 Å². The maximum absolute atomic E-state index is 11.5. The Labute approximate surface area is 122 Å². The Morgan fingerprint density at radius 3 is 2.47 bits per heavy atom. The molecule has 0 aliphatic carbocycles. The lowest BCUT2D eigenvalue weighted by molar-refractivity contribution is -0.138. The minimum atomic E-state index is -1.09. The minimum Gasteiger partial charge on any atom is -0.480 e. The lowest BCUT2D eigenvalue weighted by Gasteiger charge is -2.21. The molecule has 0 aliphatic heterocycles.